The molecule has 1 aromatic carbocycles. The van der Waals surface area contributed by atoms with Crippen molar-refractivity contribution in [1.29, 1.82) is 0 Å². The van der Waals surface area contributed by atoms with Crippen LogP contribution in [0.5, 0.6) is 5.75 Å². The van der Waals surface area contributed by atoms with Gasteiger partial charge in [-0.15, -0.1) is 0 Å². The highest BCUT2D eigenvalue weighted by atomic mass is 19.3. The Morgan fingerprint density at radius 2 is 2.20 bits per heavy atom. The fourth-order valence-corrected chi connectivity index (χ4v) is 1.09. The molecule has 0 amide bonds. The minimum Gasteiger partial charge on any atom is -0.481 e. The molecule has 0 fully saturated rings. The summed E-state index contributed by atoms with van der Waals surface area (Å²) in [6.07, 6.45) is -0.387. The van der Waals surface area contributed by atoms with Crippen molar-refractivity contribution >= 4 is 11.7 Å². The molecular formula is C9H9F2NO3. The first-order valence-corrected chi connectivity index (χ1v) is 4.04. The Labute approximate surface area is 84.3 Å². The Morgan fingerprint density at radius 1 is 1.53 bits per heavy atom. The lowest BCUT2D eigenvalue weighted by atomic mass is 10.1. The molecule has 0 aliphatic heterocycles. The van der Waals surface area contributed by atoms with E-state index >= 15 is 0 Å². The Morgan fingerprint density at radius 3 is 2.73 bits per heavy atom. The Bertz CT molecular complexity index is 368. The SMILES string of the molecule is Nc1ccc(CC(=O)O)c(OC(F)F)c1. The maximum atomic E-state index is 12.0. The number of alkyl halides is 2. The van der Waals surface area contributed by atoms with E-state index in [0.29, 0.717) is 0 Å². The van der Waals surface area contributed by atoms with Gasteiger partial charge in [0.15, 0.2) is 0 Å². The first kappa shape index (κ1) is 11.2. The molecule has 0 unspecified atom stereocenters. The van der Waals surface area contributed by atoms with Gasteiger partial charge in [0.1, 0.15) is 5.75 Å². The molecule has 15 heavy (non-hydrogen) atoms. The fraction of sp³-hybridized carbons (Fsp3) is 0.222. The number of carboxylic acid groups (broad SMARTS) is 1. The van der Waals surface area contributed by atoms with Crippen LogP contribution in [0.3, 0.4) is 0 Å². The number of halogens is 2. The number of anilines is 1. The normalized spacial score (nSPS) is 10.3. The average molecular weight is 217 g/mol. The van der Waals surface area contributed by atoms with Crippen LogP contribution in [0.15, 0.2) is 18.2 Å². The van der Waals surface area contributed by atoms with Crippen molar-refractivity contribution in [2.45, 2.75) is 13.0 Å². The minimum atomic E-state index is -3.00. The highest BCUT2D eigenvalue weighted by Gasteiger charge is 2.12. The molecule has 3 N–H and O–H groups in total. The highest BCUT2D eigenvalue weighted by molar-refractivity contribution is 5.71. The lowest BCUT2D eigenvalue weighted by Gasteiger charge is -2.09. The number of carboxylic acids is 1. The molecule has 0 radical (unpaired) electrons. The minimum absolute atomic E-state index is 0.164. The van der Waals surface area contributed by atoms with Crippen LogP contribution < -0.4 is 10.5 Å². The van der Waals surface area contributed by atoms with Crippen LogP contribution in [0.1, 0.15) is 5.56 Å². The van der Waals surface area contributed by atoms with Gasteiger partial charge in [0.2, 0.25) is 0 Å². The summed E-state index contributed by atoms with van der Waals surface area (Å²) in [6.45, 7) is -3.00. The zero-order chi connectivity index (χ0) is 11.4. The molecule has 0 aliphatic carbocycles. The van der Waals surface area contributed by atoms with E-state index in [2.05, 4.69) is 4.74 Å². The first-order valence-electron chi connectivity index (χ1n) is 4.04. The van der Waals surface area contributed by atoms with E-state index in [1.165, 1.54) is 18.2 Å². The number of ether oxygens (including phenoxy) is 1. The molecule has 0 aromatic heterocycles. The lowest BCUT2D eigenvalue weighted by molar-refractivity contribution is -0.136. The van der Waals surface area contributed by atoms with Crippen molar-refractivity contribution in [3.63, 3.8) is 0 Å². The van der Waals surface area contributed by atoms with Gasteiger partial charge < -0.3 is 15.6 Å². The van der Waals surface area contributed by atoms with Gasteiger partial charge in [0.25, 0.3) is 0 Å². The summed E-state index contributed by atoms with van der Waals surface area (Å²) in [5.74, 6) is -1.33. The number of hydrogen-bond donors (Lipinski definition) is 2. The number of nitrogens with two attached hydrogens (primary N) is 1. The van der Waals surface area contributed by atoms with E-state index in [1.807, 2.05) is 0 Å². The summed E-state index contributed by atoms with van der Waals surface area (Å²) in [5.41, 5.74) is 5.76. The lowest BCUT2D eigenvalue weighted by Crippen LogP contribution is -2.08. The zero-order valence-corrected chi connectivity index (χ0v) is 7.61. The molecule has 0 bridgehead atoms. The second-order valence-corrected chi connectivity index (χ2v) is 2.82. The number of hydrogen-bond acceptors (Lipinski definition) is 3. The monoisotopic (exact) mass is 217 g/mol. The van der Waals surface area contributed by atoms with Crippen molar-refractivity contribution in [3.05, 3.63) is 23.8 Å². The third-order valence-corrected chi connectivity index (χ3v) is 1.65. The molecule has 0 saturated carbocycles. The number of carbonyl (C=O) groups is 1. The maximum Gasteiger partial charge on any atom is 0.387 e. The Kier molecular flexibility index (Phi) is 3.43. The molecule has 0 saturated heterocycles. The predicted molar refractivity (Wildman–Crippen MR) is 48.8 cm³/mol. The van der Waals surface area contributed by atoms with Gasteiger partial charge in [-0.1, -0.05) is 6.07 Å². The van der Waals surface area contributed by atoms with E-state index < -0.39 is 12.6 Å². The van der Waals surface area contributed by atoms with Crippen LogP contribution in [0.2, 0.25) is 0 Å². The van der Waals surface area contributed by atoms with Crippen LogP contribution >= 0.6 is 0 Å². The number of aliphatic carboxylic acids is 1. The third-order valence-electron chi connectivity index (χ3n) is 1.65. The molecule has 0 aliphatic rings. The number of benzene rings is 1. The van der Waals surface area contributed by atoms with E-state index in [4.69, 9.17) is 10.8 Å². The molecule has 0 atom stereocenters. The second-order valence-electron chi connectivity index (χ2n) is 2.82. The predicted octanol–water partition coefficient (Wildman–Crippen LogP) is 1.50. The van der Waals surface area contributed by atoms with Crippen molar-refractivity contribution in [2.75, 3.05) is 5.73 Å². The van der Waals surface area contributed by atoms with E-state index in [9.17, 15) is 13.6 Å². The smallest absolute Gasteiger partial charge is 0.387 e. The van der Waals surface area contributed by atoms with Gasteiger partial charge in [0.05, 0.1) is 6.42 Å². The van der Waals surface area contributed by atoms with Crippen LogP contribution in [-0.4, -0.2) is 17.7 Å². The number of rotatable bonds is 4. The van der Waals surface area contributed by atoms with Crippen molar-refractivity contribution in [1.82, 2.24) is 0 Å². The maximum absolute atomic E-state index is 12.0. The Hall–Kier alpha value is -1.85. The standard InChI is InChI=1S/C9H9F2NO3/c10-9(11)15-7-4-6(12)2-1-5(7)3-8(13)14/h1-2,4,9H,3,12H2,(H,13,14). The first-order chi connectivity index (χ1) is 6.99. The summed E-state index contributed by atoms with van der Waals surface area (Å²) in [7, 11) is 0. The summed E-state index contributed by atoms with van der Waals surface area (Å²) in [6, 6.07) is 3.95. The molecule has 82 valence electrons. The average Bonchev–Trinajstić information content (AvgIpc) is 2.08. The second kappa shape index (κ2) is 4.59. The molecule has 1 rings (SSSR count). The van der Waals surface area contributed by atoms with Crippen molar-refractivity contribution in [2.24, 2.45) is 0 Å². The van der Waals surface area contributed by atoms with Crippen LogP contribution in [0.4, 0.5) is 14.5 Å². The van der Waals surface area contributed by atoms with Crippen molar-refractivity contribution < 1.29 is 23.4 Å². The summed E-state index contributed by atoms with van der Waals surface area (Å²) in [5, 5.41) is 8.52. The van der Waals surface area contributed by atoms with Gasteiger partial charge in [-0.2, -0.15) is 8.78 Å². The van der Waals surface area contributed by atoms with Gasteiger partial charge in [-0.05, 0) is 6.07 Å². The summed E-state index contributed by atoms with van der Waals surface area (Å²) >= 11 is 0. The molecule has 6 heteroatoms. The highest BCUT2D eigenvalue weighted by Crippen LogP contribution is 2.24. The summed E-state index contributed by atoms with van der Waals surface area (Å²) < 4.78 is 28.1. The van der Waals surface area contributed by atoms with Crippen molar-refractivity contribution in [3.8, 4) is 5.75 Å². The van der Waals surface area contributed by atoms with Gasteiger partial charge >= 0.3 is 12.6 Å². The van der Waals surface area contributed by atoms with Gasteiger partial charge in [-0.25, -0.2) is 0 Å². The fourth-order valence-electron chi connectivity index (χ4n) is 1.09. The number of nitrogen functional groups attached to an aromatic ring is 1. The van der Waals surface area contributed by atoms with Crippen LogP contribution in [0, 0.1) is 0 Å². The molecular weight excluding hydrogens is 208 g/mol. The molecule has 1 aromatic rings. The van der Waals surface area contributed by atoms with Gasteiger partial charge in [0, 0.05) is 17.3 Å². The van der Waals surface area contributed by atoms with Gasteiger partial charge in [-0.3, -0.25) is 4.79 Å². The van der Waals surface area contributed by atoms with E-state index in [0.717, 1.165) is 0 Å². The topological polar surface area (TPSA) is 72.6 Å². The Balaban J connectivity index is 2.97. The van der Waals surface area contributed by atoms with E-state index in [-0.39, 0.29) is 23.4 Å². The molecule has 0 spiro atoms. The molecule has 4 nitrogen and oxygen atoms in total. The largest absolute Gasteiger partial charge is 0.481 e. The zero-order valence-electron chi connectivity index (χ0n) is 7.61. The van der Waals surface area contributed by atoms with E-state index in [1.54, 1.807) is 0 Å². The quantitative estimate of drug-likeness (QED) is 0.749. The molecule has 0 heterocycles. The van der Waals surface area contributed by atoms with Crippen LogP contribution in [0.25, 0.3) is 0 Å². The van der Waals surface area contributed by atoms with Crippen LogP contribution in [-0.2, 0) is 11.2 Å². The summed E-state index contributed by atoms with van der Waals surface area (Å²) in [4.78, 5) is 10.4. The third kappa shape index (κ3) is 3.41.